The van der Waals surface area contributed by atoms with Crippen LogP contribution in [0.1, 0.15) is 29.0 Å². The Balaban J connectivity index is 1.80. The highest BCUT2D eigenvalue weighted by atomic mass is 16.5. The first kappa shape index (κ1) is 14.8. The molecule has 1 aromatic carbocycles. The number of H-pyrrole nitrogens is 1. The van der Waals surface area contributed by atoms with Crippen LogP contribution in [0.4, 0.5) is 10.6 Å². The van der Waals surface area contributed by atoms with Gasteiger partial charge < -0.3 is 9.84 Å². The molecule has 0 aliphatic carbocycles. The van der Waals surface area contributed by atoms with Crippen molar-refractivity contribution >= 4 is 11.8 Å². The summed E-state index contributed by atoms with van der Waals surface area (Å²) in [7, 11) is 0. The van der Waals surface area contributed by atoms with E-state index in [4.69, 9.17) is 4.52 Å². The molecule has 0 saturated heterocycles. The molecule has 0 spiro atoms. The Morgan fingerprint density at radius 3 is 2.65 bits per heavy atom. The van der Waals surface area contributed by atoms with Crippen molar-refractivity contribution in [2.24, 2.45) is 0 Å². The number of carbonyl (C=O) groups excluding carboxylic acids is 1. The van der Waals surface area contributed by atoms with Crippen molar-refractivity contribution in [2.75, 3.05) is 5.32 Å². The Kier molecular flexibility index (Phi) is 4.05. The first-order valence-corrected chi connectivity index (χ1v) is 7.06. The summed E-state index contributed by atoms with van der Waals surface area (Å²) < 4.78 is 4.92. The zero-order valence-corrected chi connectivity index (χ0v) is 12.7. The molecule has 0 aliphatic rings. The van der Waals surface area contributed by atoms with Crippen molar-refractivity contribution in [2.45, 2.75) is 19.9 Å². The normalized spacial score (nSPS) is 11.9. The van der Waals surface area contributed by atoms with Crippen LogP contribution in [0.5, 0.6) is 0 Å². The van der Waals surface area contributed by atoms with E-state index < -0.39 is 12.1 Å². The number of anilines is 1. The molecule has 0 fully saturated rings. The highest BCUT2D eigenvalue weighted by molar-refractivity contribution is 5.88. The molecule has 2 heterocycles. The van der Waals surface area contributed by atoms with E-state index in [1.54, 1.807) is 19.9 Å². The van der Waals surface area contributed by atoms with Crippen LogP contribution in [0.15, 0.2) is 40.9 Å². The van der Waals surface area contributed by atoms with E-state index in [9.17, 15) is 4.79 Å². The molecule has 0 aliphatic heterocycles. The molecule has 0 saturated carbocycles. The number of nitrogens with zero attached hydrogens (tertiary/aromatic N) is 3. The van der Waals surface area contributed by atoms with E-state index in [2.05, 4.69) is 31.0 Å². The van der Waals surface area contributed by atoms with E-state index in [1.807, 2.05) is 30.3 Å². The second kappa shape index (κ2) is 6.30. The second-order valence-electron chi connectivity index (χ2n) is 5.04. The van der Waals surface area contributed by atoms with Gasteiger partial charge in [0.1, 0.15) is 17.6 Å². The molecule has 3 rings (SSSR count). The average molecular weight is 312 g/mol. The molecule has 2 aromatic heterocycles. The number of amides is 2. The Morgan fingerprint density at radius 2 is 2.04 bits per heavy atom. The van der Waals surface area contributed by atoms with Crippen LogP contribution >= 0.6 is 0 Å². The molecule has 3 aromatic rings. The quantitative estimate of drug-likeness (QED) is 0.685. The van der Waals surface area contributed by atoms with Crippen molar-refractivity contribution in [1.29, 1.82) is 0 Å². The predicted octanol–water partition coefficient (Wildman–Crippen LogP) is 2.32. The summed E-state index contributed by atoms with van der Waals surface area (Å²) in [5, 5.41) is 16.1. The van der Waals surface area contributed by atoms with Crippen LogP contribution in [0.2, 0.25) is 0 Å². The number of hydrogen-bond donors (Lipinski definition) is 3. The highest BCUT2D eigenvalue weighted by Gasteiger charge is 2.21. The summed E-state index contributed by atoms with van der Waals surface area (Å²) in [4.78, 5) is 16.5. The minimum absolute atomic E-state index is 0.345. The number of hydrogen-bond acceptors (Lipinski definition) is 5. The van der Waals surface area contributed by atoms with Crippen LogP contribution in [0.3, 0.4) is 0 Å². The van der Waals surface area contributed by atoms with Crippen molar-refractivity contribution in [1.82, 2.24) is 25.7 Å². The number of urea groups is 1. The maximum Gasteiger partial charge on any atom is 0.321 e. The smallest absolute Gasteiger partial charge is 0.321 e. The Morgan fingerprint density at radius 1 is 1.26 bits per heavy atom. The average Bonchev–Trinajstić information content (AvgIpc) is 3.14. The second-order valence-corrected chi connectivity index (χ2v) is 5.04. The number of aryl methyl sites for hydroxylation is 2. The van der Waals surface area contributed by atoms with Gasteiger partial charge in [-0.25, -0.2) is 9.78 Å². The molecule has 118 valence electrons. The number of benzene rings is 1. The van der Waals surface area contributed by atoms with Crippen molar-refractivity contribution < 1.29 is 9.32 Å². The zero-order chi connectivity index (χ0) is 16.2. The zero-order valence-electron chi connectivity index (χ0n) is 12.7. The van der Waals surface area contributed by atoms with Gasteiger partial charge >= 0.3 is 6.03 Å². The summed E-state index contributed by atoms with van der Waals surface area (Å²) in [6, 6.07) is 10.2. The summed E-state index contributed by atoms with van der Waals surface area (Å²) in [5.41, 5.74) is 0.873. The number of nitrogens with one attached hydrogen (secondary N) is 3. The Hall–Kier alpha value is -3.16. The number of aromatic nitrogens is 4. The Labute approximate surface area is 132 Å². The molecule has 0 bridgehead atoms. The van der Waals surface area contributed by atoms with Gasteiger partial charge in [0.2, 0.25) is 0 Å². The maximum absolute atomic E-state index is 12.2. The first-order chi connectivity index (χ1) is 11.1. The third-order valence-electron chi connectivity index (χ3n) is 3.15. The van der Waals surface area contributed by atoms with Crippen molar-refractivity contribution in [3.05, 3.63) is 59.4 Å². The number of rotatable bonds is 4. The van der Waals surface area contributed by atoms with Crippen LogP contribution in [0.25, 0.3) is 0 Å². The van der Waals surface area contributed by atoms with E-state index in [1.165, 1.54) is 0 Å². The van der Waals surface area contributed by atoms with Gasteiger partial charge in [0.25, 0.3) is 0 Å². The summed E-state index contributed by atoms with van der Waals surface area (Å²) in [6.45, 7) is 3.55. The van der Waals surface area contributed by atoms with Gasteiger partial charge in [0, 0.05) is 6.07 Å². The molecular weight excluding hydrogens is 296 g/mol. The molecule has 3 N–H and O–H groups in total. The minimum Gasteiger partial charge on any atom is -0.360 e. The topological polar surface area (TPSA) is 109 Å². The van der Waals surface area contributed by atoms with Crippen LogP contribution in [-0.4, -0.2) is 26.4 Å². The van der Waals surface area contributed by atoms with Gasteiger partial charge in [-0.3, -0.25) is 10.4 Å². The van der Waals surface area contributed by atoms with Gasteiger partial charge in [0.15, 0.2) is 11.6 Å². The van der Waals surface area contributed by atoms with Crippen LogP contribution < -0.4 is 10.6 Å². The molecule has 0 radical (unpaired) electrons. The third kappa shape index (κ3) is 3.54. The molecule has 1 atom stereocenters. The lowest BCUT2D eigenvalue weighted by Crippen LogP contribution is -2.34. The highest BCUT2D eigenvalue weighted by Crippen LogP contribution is 2.19. The largest absolute Gasteiger partial charge is 0.360 e. The fourth-order valence-electron chi connectivity index (χ4n) is 2.14. The van der Waals surface area contributed by atoms with Crippen molar-refractivity contribution in [3.8, 4) is 0 Å². The fourth-order valence-corrected chi connectivity index (χ4v) is 2.14. The van der Waals surface area contributed by atoms with Gasteiger partial charge in [-0.2, -0.15) is 5.10 Å². The van der Waals surface area contributed by atoms with Gasteiger partial charge in [-0.1, -0.05) is 35.5 Å². The number of aromatic amines is 1. The third-order valence-corrected chi connectivity index (χ3v) is 3.15. The van der Waals surface area contributed by atoms with Crippen LogP contribution in [-0.2, 0) is 0 Å². The molecule has 23 heavy (non-hydrogen) atoms. The summed E-state index contributed by atoms with van der Waals surface area (Å²) in [6.07, 6.45) is 0. The maximum atomic E-state index is 12.2. The monoisotopic (exact) mass is 312 g/mol. The minimum atomic E-state index is -0.478. The van der Waals surface area contributed by atoms with Crippen LogP contribution in [0, 0.1) is 13.8 Å². The fraction of sp³-hybridized carbons (Fsp3) is 0.200. The lowest BCUT2D eigenvalue weighted by atomic mass is 10.1. The number of carbonyl (C=O) groups is 1. The molecule has 1 unspecified atom stereocenters. The van der Waals surface area contributed by atoms with E-state index in [0.29, 0.717) is 23.2 Å². The lowest BCUT2D eigenvalue weighted by Gasteiger charge is -2.16. The molecule has 8 nitrogen and oxygen atoms in total. The standard InChI is InChI=1S/C15H16N6O2/c1-9-8-12(21-23-9)17-15(22)18-13(11-6-4-3-5-7-11)14-16-10(2)19-20-14/h3-8,13H,1-2H3,(H,16,19,20)(H2,17,18,21,22). The molecule has 8 heteroatoms. The van der Waals surface area contributed by atoms with Gasteiger partial charge in [0.05, 0.1) is 0 Å². The summed E-state index contributed by atoms with van der Waals surface area (Å²) >= 11 is 0. The van der Waals surface area contributed by atoms with E-state index in [-0.39, 0.29) is 0 Å². The Bertz CT molecular complexity index is 795. The van der Waals surface area contributed by atoms with Crippen molar-refractivity contribution in [3.63, 3.8) is 0 Å². The predicted molar refractivity (Wildman–Crippen MR) is 82.8 cm³/mol. The molecule has 2 amide bonds. The van der Waals surface area contributed by atoms with E-state index in [0.717, 1.165) is 5.56 Å². The van der Waals surface area contributed by atoms with Gasteiger partial charge in [-0.05, 0) is 19.4 Å². The SMILES string of the molecule is Cc1nc(C(NC(=O)Nc2cc(C)on2)c2ccccc2)n[nH]1. The first-order valence-electron chi connectivity index (χ1n) is 7.06. The van der Waals surface area contributed by atoms with E-state index >= 15 is 0 Å². The molecular formula is C15H16N6O2. The lowest BCUT2D eigenvalue weighted by molar-refractivity contribution is 0.249. The summed E-state index contributed by atoms with van der Waals surface area (Å²) in [5.74, 6) is 2.12. The van der Waals surface area contributed by atoms with Gasteiger partial charge in [-0.15, -0.1) is 0 Å².